The van der Waals surface area contributed by atoms with Gasteiger partial charge in [0.05, 0.1) is 12.8 Å². The van der Waals surface area contributed by atoms with Crippen molar-refractivity contribution in [3.63, 3.8) is 0 Å². The Labute approximate surface area is 132 Å². The van der Waals surface area contributed by atoms with Crippen molar-refractivity contribution in [3.8, 4) is 17.6 Å². The fraction of sp³-hybridized carbons (Fsp3) is 0.188. The van der Waals surface area contributed by atoms with Crippen LogP contribution in [0.2, 0.25) is 0 Å². The Morgan fingerprint density at radius 2 is 1.95 bits per heavy atom. The summed E-state index contributed by atoms with van der Waals surface area (Å²) in [6.07, 6.45) is 0. The molecule has 0 radical (unpaired) electrons. The zero-order valence-electron chi connectivity index (χ0n) is 11.6. The van der Waals surface area contributed by atoms with Crippen molar-refractivity contribution in [2.45, 2.75) is 6.54 Å². The van der Waals surface area contributed by atoms with Crippen LogP contribution in [0, 0.1) is 11.3 Å². The Bertz CT molecular complexity index is 636. The minimum atomic E-state index is 0.0623. The summed E-state index contributed by atoms with van der Waals surface area (Å²) in [6.45, 7) is 0.734. The molecule has 0 aliphatic rings. The van der Waals surface area contributed by atoms with Crippen LogP contribution in [0.25, 0.3) is 0 Å². The van der Waals surface area contributed by atoms with Gasteiger partial charge in [0.2, 0.25) is 0 Å². The molecule has 5 heteroatoms. The van der Waals surface area contributed by atoms with E-state index in [0.717, 1.165) is 21.5 Å². The highest BCUT2D eigenvalue weighted by molar-refractivity contribution is 9.10. The van der Waals surface area contributed by atoms with E-state index in [1.807, 2.05) is 48.5 Å². The summed E-state index contributed by atoms with van der Waals surface area (Å²) >= 11 is 3.45. The molecule has 0 aliphatic heterocycles. The van der Waals surface area contributed by atoms with Gasteiger partial charge in [-0.1, -0.05) is 28.1 Å². The first-order valence-electron chi connectivity index (χ1n) is 6.39. The standard InChI is InChI=1S/C16H15BrN2O2/c1-20-16-7-4-13(17)10-15(16)19-11-12-2-5-14(6-3-12)21-9-8-18/h2-7,10,19H,9,11H2,1H3. The van der Waals surface area contributed by atoms with Gasteiger partial charge in [0.25, 0.3) is 0 Å². The summed E-state index contributed by atoms with van der Waals surface area (Å²) in [7, 11) is 1.65. The average molecular weight is 347 g/mol. The summed E-state index contributed by atoms with van der Waals surface area (Å²) in [6, 6.07) is 15.4. The molecule has 0 saturated heterocycles. The van der Waals surface area contributed by atoms with Crippen molar-refractivity contribution in [2.24, 2.45) is 0 Å². The molecule has 2 rings (SSSR count). The van der Waals surface area contributed by atoms with Crippen LogP contribution in [-0.4, -0.2) is 13.7 Å². The van der Waals surface area contributed by atoms with Crippen molar-refractivity contribution in [3.05, 3.63) is 52.5 Å². The van der Waals surface area contributed by atoms with Gasteiger partial charge < -0.3 is 14.8 Å². The summed E-state index contributed by atoms with van der Waals surface area (Å²) < 4.78 is 11.5. The van der Waals surface area contributed by atoms with E-state index in [-0.39, 0.29) is 6.61 Å². The van der Waals surface area contributed by atoms with Crippen LogP contribution in [0.3, 0.4) is 0 Å². The van der Waals surface area contributed by atoms with Crippen LogP contribution in [0.4, 0.5) is 5.69 Å². The molecule has 1 N–H and O–H groups in total. The minimum Gasteiger partial charge on any atom is -0.495 e. The molecule has 2 aromatic rings. The van der Waals surface area contributed by atoms with E-state index in [1.165, 1.54) is 0 Å². The summed E-state index contributed by atoms with van der Waals surface area (Å²) in [5, 5.41) is 11.8. The van der Waals surface area contributed by atoms with Gasteiger partial charge in [-0.2, -0.15) is 5.26 Å². The van der Waals surface area contributed by atoms with Gasteiger partial charge in [0.15, 0.2) is 6.61 Å². The third-order valence-corrected chi connectivity index (χ3v) is 3.36. The second kappa shape index (κ2) is 7.55. The first-order chi connectivity index (χ1) is 10.2. The molecular weight excluding hydrogens is 332 g/mol. The second-order valence-electron chi connectivity index (χ2n) is 4.29. The summed E-state index contributed by atoms with van der Waals surface area (Å²) in [5.74, 6) is 1.49. The first kappa shape index (κ1) is 15.2. The highest BCUT2D eigenvalue weighted by atomic mass is 79.9. The Balaban J connectivity index is 2.00. The van der Waals surface area contributed by atoms with Gasteiger partial charge in [-0.25, -0.2) is 0 Å². The molecule has 0 fully saturated rings. The first-order valence-corrected chi connectivity index (χ1v) is 7.18. The summed E-state index contributed by atoms with van der Waals surface area (Å²) in [5.41, 5.74) is 2.04. The van der Waals surface area contributed by atoms with Crippen LogP contribution in [-0.2, 0) is 6.54 Å². The Morgan fingerprint density at radius 1 is 1.19 bits per heavy atom. The molecule has 0 aliphatic carbocycles. The van der Waals surface area contributed by atoms with Gasteiger partial charge >= 0.3 is 0 Å². The zero-order valence-corrected chi connectivity index (χ0v) is 13.2. The molecule has 21 heavy (non-hydrogen) atoms. The predicted octanol–water partition coefficient (Wildman–Crippen LogP) is 3.97. The topological polar surface area (TPSA) is 54.3 Å². The Hall–Kier alpha value is -2.19. The number of ether oxygens (including phenoxy) is 2. The number of halogens is 1. The molecule has 0 saturated carbocycles. The number of hydrogen-bond donors (Lipinski definition) is 1. The number of benzene rings is 2. The predicted molar refractivity (Wildman–Crippen MR) is 85.6 cm³/mol. The lowest BCUT2D eigenvalue weighted by Gasteiger charge is -2.12. The van der Waals surface area contributed by atoms with Crippen LogP contribution < -0.4 is 14.8 Å². The molecular formula is C16H15BrN2O2. The number of nitrogens with zero attached hydrogens (tertiary/aromatic N) is 1. The molecule has 0 aromatic heterocycles. The zero-order chi connectivity index (χ0) is 15.1. The van der Waals surface area contributed by atoms with Crippen molar-refractivity contribution in [1.29, 1.82) is 5.26 Å². The number of methoxy groups -OCH3 is 1. The molecule has 0 heterocycles. The van der Waals surface area contributed by atoms with Crippen molar-refractivity contribution in [1.82, 2.24) is 0 Å². The van der Waals surface area contributed by atoms with E-state index in [1.54, 1.807) is 7.11 Å². The van der Waals surface area contributed by atoms with Crippen molar-refractivity contribution >= 4 is 21.6 Å². The SMILES string of the molecule is COc1ccc(Br)cc1NCc1ccc(OCC#N)cc1. The molecule has 0 bridgehead atoms. The van der Waals surface area contributed by atoms with Crippen LogP contribution in [0.5, 0.6) is 11.5 Å². The van der Waals surface area contributed by atoms with E-state index < -0.39 is 0 Å². The normalized spacial score (nSPS) is 9.76. The minimum absolute atomic E-state index is 0.0623. The molecule has 0 amide bonds. The fourth-order valence-electron chi connectivity index (χ4n) is 1.83. The van der Waals surface area contributed by atoms with Crippen LogP contribution >= 0.6 is 15.9 Å². The molecule has 0 unspecified atom stereocenters. The van der Waals surface area contributed by atoms with E-state index in [9.17, 15) is 0 Å². The maximum absolute atomic E-state index is 8.46. The summed E-state index contributed by atoms with van der Waals surface area (Å²) in [4.78, 5) is 0. The highest BCUT2D eigenvalue weighted by Gasteiger charge is 2.03. The Morgan fingerprint density at radius 3 is 2.62 bits per heavy atom. The lowest BCUT2D eigenvalue weighted by Crippen LogP contribution is -2.01. The van der Waals surface area contributed by atoms with Crippen LogP contribution in [0.15, 0.2) is 46.9 Å². The lowest BCUT2D eigenvalue weighted by molar-refractivity contribution is 0.368. The number of rotatable bonds is 6. The van der Waals surface area contributed by atoms with E-state index in [2.05, 4.69) is 21.2 Å². The quantitative estimate of drug-likeness (QED) is 0.859. The number of hydrogen-bond acceptors (Lipinski definition) is 4. The second-order valence-corrected chi connectivity index (χ2v) is 5.20. The monoisotopic (exact) mass is 346 g/mol. The highest BCUT2D eigenvalue weighted by Crippen LogP contribution is 2.28. The molecule has 4 nitrogen and oxygen atoms in total. The van der Waals surface area contributed by atoms with Crippen LogP contribution in [0.1, 0.15) is 5.56 Å². The van der Waals surface area contributed by atoms with Gasteiger partial charge in [-0.05, 0) is 35.9 Å². The van der Waals surface area contributed by atoms with Gasteiger partial charge in [-0.3, -0.25) is 0 Å². The lowest BCUT2D eigenvalue weighted by atomic mass is 10.2. The van der Waals surface area contributed by atoms with Crippen molar-refractivity contribution in [2.75, 3.05) is 19.0 Å². The third kappa shape index (κ3) is 4.40. The Kier molecular flexibility index (Phi) is 5.47. The van der Waals surface area contributed by atoms with Gasteiger partial charge in [0.1, 0.15) is 17.6 Å². The largest absolute Gasteiger partial charge is 0.495 e. The fourth-order valence-corrected chi connectivity index (χ4v) is 2.20. The maximum Gasteiger partial charge on any atom is 0.174 e. The smallest absolute Gasteiger partial charge is 0.174 e. The van der Waals surface area contributed by atoms with Gasteiger partial charge in [0, 0.05) is 11.0 Å². The van der Waals surface area contributed by atoms with E-state index >= 15 is 0 Å². The molecule has 0 spiro atoms. The molecule has 2 aromatic carbocycles. The molecule has 108 valence electrons. The van der Waals surface area contributed by atoms with Gasteiger partial charge in [-0.15, -0.1) is 0 Å². The third-order valence-electron chi connectivity index (χ3n) is 2.87. The number of nitriles is 1. The van der Waals surface area contributed by atoms with E-state index in [4.69, 9.17) is 14.7 Å². The number of nitrogens with one attached hydrogen (secondary N) is 1. The van der Waals surface area contributed by atoms with Crippen molar-refractivity contribution < 1.29 is 9.47 Å². The number of anilines is 1. The maximum atomic E-state index is 8.46. The molecule has 0 atom stereocenters. The van der Waals surface area contributed by atoms with E-state index in [0.29, 0.717) is 12.3 Å². The average Bonchev–Trinajstić information content (AvgIpc) is 2.52.